The average molecular weight is 275 g/mol. The number of para-hydroxylation sites is 1. The number of nitrogens with two attached hydrogens (primary N) is 1. The summed E-state index contributed by atoms with van der Waals surface area (Å²) < 4.78 is 0. The molecular weight excluding hydrogens is 262 g/mol. The Labute approximate surface area is 122 Å². The highest BCUT2D eigenvalue weighted by Gasteiger charge is 2.09. The quantitative estimate of drug-likeness (QED) is 0.750. The fraction of sp³-hybridized carbons (Fsp3) is 0.0625. The van der Waals surface area contributed by atoms with Crippen LogP contribution in [0.25, 0.3) is 10.9 Å². The number of pyridine rings is 2. The number of nitrogens with zero attached hydrogens (tertiary/aromatic N) is 3. The fourth-order valence-corrected chi connectivity index (χ4v) is 2.14. The Kier molecular flexibility index (Phi) is 3.13. The van der Waals surface area contributed by atoms with Crippen LogP contribution in [0.2, 0.25) is 0 Å². The summed E-state index contributed by atoms with van der Waals surface area (Å²) in [6, 6.07) is 13.5. The van der Waals surface area contributed by atoms with Gasteiger partial charge in [0.15, 0.2) is 5.82 Å². The Balaban J connectivity index is 2.11. The Morgan fingerprint density at radius 2 is 2.05 bits per heavy atom. The Bertz CT molecular complexity index is 864. The Hall–Kier alpha value is -3.13. The summed E-state index contributed by atoms with van der Waals surface area (Å²) >= 11 is 0. The van der Waals surface area contributed by atoms with Gasteiger partial charge in [0.1, 0.15) is 6.07 Å². The van der Waals surface area contributed by atoms with Crippen LogP contribution in [-0.4, -0.2) is 9.97 Å². The van der Waals surface area contributed by atoms with Gasteiger partial charge in [-0.3, -0.25) is 4.98 Å². The summed E-state index contributed by atoms with van der Waals surface area (Å²) in [4.78, 5) is 8.74. The number of fused-ring (bicyclic) bond motifs is 1. The molecule has 0 aliphatic carbocycles. The summed E-state index contributed by atoms with van der Waals surface area (Å²) in [6.45, 7) is 1.94. The highest BCUT2D eigenvalue weighted by Crippen LogP contribution is 2.28. The lowest BCUT2D eigenvalue weighted by Crippen LogP contribution is -2.02. The number of rotatable bonds is 2. The number of nitrogen functional groups attached to an aromatic ring is 1. The van der Waals surface area contributed by atoms with Gasteiger partial charge in [0.05, 0.1) is 22.5 Å². The van der Waals surface area contributed by atoms with E-state index in [1.165, 1.54) is 0 Å². The first-order valence-corrected chi connectivity index (χ1v) is 6.47. The van der Waals surface area contributed by atoms with Crippen molar-refractivity contribution in [3.05, 3.63) is 53.9 Å². The molecule has 0 saturated heterocycles. The first-order chi connectivity index (χ1) is 10.2. The molecule has 0 bridgehead atoms. The smallest absolute Gasteiger partial charge is 0.155 e. The lowest BCUT2D eigenvalue weighted by Gasteiger charge is -2.11. The molecule has 0 atom stereocenters. The van der Waals surface area contributed by atoms with Gasteiger partial charge in [-0.25, -0.2) is 4.98 Å². The molecule has 3 rings (SSSR count). The van der Waals surface area contributed by atoms with Crippen molar-refractivity contribution in [1.82, 2.24) is 9.97 Å². The van der Waals surface area contributed by atoms with E-state index in [0.29, 0.717) is 17.1 Å². The van der Waals surface area contributed by atoms with E-state index < -0.39 is 0 Å². The average Bonchev–Trinajstić information content (AvgIpc) is 2.50. The molecule has 0 unspecified atom stereocenters. The van der Waals surface area contributed by atoms with Gasteiger partial charge in [-0.05, 0) is 25.1 Å². The zero-order chi connectivity index (χ0) is 14.8. The molecule has 21 heavy (non-hydrogen) atoms. The number of anilines is 3. The Morgan fingerprint density at radius 1 is 1.19 bits per heavy atom. The summed E-state index contributed by atoms with van der Waals surface area (Å²) in [7, 11) is 0. The first kappa shape index (κ1) is 12.9. The van der Waals surface area contributed by atoms with Crippen LogP contribution in [0.4, 0.5) is 17.2 Å². The van der Waals surface area contributed by atoms with E-state index in [2.05, 4.69) is 15.3 Å². The van der Waals surface area contributed by atoms with Crippen LogP contribution in [0.15, 0.2) is 42.6 Å². The van der Waals surface area contributed by atoms with Gasteiger partial charge in [-0.15, -0.1) is 0 Å². The monoisotopic (exact) mass is 275 g/mol. The number of hydrogen-bond donors (Lipinski definition) is 2. The maximum atomic E-state index is 9.02. The second-order valence-corrected chi connectivity index (χ2v) is 4.69. The molecule has 0 saturated carbocycles. The van der Waals surface area contributed by atoms with Gasteiger partial charge in [0, 0.05) is 17.3 Å². The fourth-order valence-electron chi connectivity index (χ4n) is 2.14. The Morgan fingerprint density at radius 3 is 2.86 bits per heavy atom. The third-order valence-electron chi connectivity index (χ3n) is 3.22. The van der Waals surface area contributed by atoms with Crippen molar-refractivity contribution in [3.8, 4) is 6.07 Å². The van der Waals surface area contributed by atoms with Crippen molar-refractivity contribution in [2.75, 3.05) is 11.1 Å². The molecule has 3 aromatic rings. The van der Waals surface area contributed by atoms with Crippen molar-refractivity contribution in [3.63, 3.8) is 0 Å². The van der Waals surface area contributed by atoms with Gasteiger partial charge >= 0.3 is 0 Å². The molecule has 0 amide bonds. The topological polar surface area (TPSA) is 87.6 Å². The van der Waals surface area contributed by atoms with Gasteiger partial charge in [0.25, 0.3) is 0 Å². The molecule has 0 radical (unpaired) electrons. The minimum absolute atomic E-state index is 0.338. The van der Waals surface area contributed by atoms with Gasteiger partial charge in [0.2, 0.25) is 0 Å². The summed E-state index contributed by atoms with van der Waals surface area (Å²) in [5.74, 6) is 0.463. The number of aryl methyl sites for hydroxylation is 1. The molecule has 0 aliphatic rings. The molecule has 102 valence electrons. The van der Waals surface area contributed by atoms with Crippen molar-refractivity contribution < 1.29 is 0 Å². The van der Waals surface area contributed by atoms with Crippen molar-refractivity contribution >= 4 is 28.1 Å². The van der Waals surface area contributed by atoms with E-state index in [4.69, 9.17) is 11.0 Å². The maximum absolute atomic E-state index is 9.02. The standard InChI is InChI=1S/C16H13N5/c1-10-5-6-11-3-2-4-13(15(11)20-10)21-16-14(18)12(9-17)7-8-19-16/h2-8H,18H2,1H3,(H,19,21). The van der Waals surface area contributed by atoms with Gasteiger partial charge < -0.3 is 11.1 Å². The normalized spacial score (nSPS) is 10.3. The molecular formula is C16H13N5. The van der Waals surface area contributed by atoms with E-state index >= 15 is 0 Å². The van der Waals surface area contributed by atoms with E-state index in [1.807, 2.05) is 43.3 Å². The van der Waals surface area contributed by atoms with Crippen LogP contribution < -0.4 is 11.1 Å². The molecule has 3 N–H and O–H groups in total. The number of nitrogens with one attached hydrogen (secondary N) is 1. The molecule has 2 heterocycles. The van der Waals surface area contributed by atoms with Crippen LogP contribution in [0.3, 0.4) is 0 Å². The molecule has 0 fully saturated rings. The minimum atomic E-state index is 0.338. The lowest BCUT2D eigenvalue weighted by molar-refractivity contribution is 1.25. The molecule has 0 aliphatic heterocycles. The maximum Gasteiger partial charge on any atom is 0.155 e. The highest BCUT2D eigenvalue weighted by atomic mass is 15.0. The zero-order valence-corrected chi connectivity index (χ0v) is 11.5. The minimum Gasteiger partial charge on any atom is -0.395 e. The summed E-state index contributed by atoms with van der Waals surface area (Å²) in [5, 5.41) is 13.2. The third kappa shape index (κ3) is 2.35. The number of hydrogen-bond acceptors (Lipinski definition) is 5. The zero-order valence-electron chi connectivity index (χ0n) is 11.5. The highest BCUT2D eigenvalue weighted by molar-refractivity contribution is 5.93. The second-order valence-electron chi connectivity index (χ2n) is 4.69. The molecule has 1 aromatic carbocycles. The predicted molar refractivity (Wildman–Crippen MR) is 83.1 cm³/mol. The van der Waals surface area contributed by atoms with Crippen molar-refractivity contribution in [2.45, 2.75) is 6.92 Å². The summed E-state index contributed by atoms with van der Waals surface area (Å²) in [5.41, 5.74) is 9.28. The summed E-state index contributed by atoms with van der Waals surface area (Å²) in [6.07, 6.45) is 1.56. The lowest BCUT2D eigenvalue weighted by atomic mass is 10.1. The van der Waals surface area contributed by atoms with Gasteiger partial charge in [-0.1, -0.05) is 18.2 Å². The third-order valence-corrected chi connectivity index (χ3v) is 3.22. The van der Waals surface area contributed by atoms with E-state index in [9.17, 15) is 0 Å². The van der Waals surface area contributed by atoms with Crippen molar-refractivity contribution in [1.29, 1.82) is 5.26 Å². The van der Waals surface area contributed by atoms with Crippen LogP contribution in [0.5, 0.6) is 0 Å². The molecule has 5 nitrogen and oxygen atoms in total. The van der Waals surface area contributed by atoms with Crippen LogP contribution in [0, 0.1) is 18.3 Å². The number of benzene rings is 1. The molecule has 2 aromatic heterocycles. The number of aromatic nitrogens is 2. The largest absolute Gasteiger partial charge is 0.395 e. The SMILES string of the molecule is Cc1ccc2cccc(Nc3nccc(C#N)c3N)c2n1. The van der Waals surface area contributed by atoms with E-state index in [1.54, 1.807) is 12.3 Å². The van der Waals surface area contributed by atoms with Crippen LogP contribution in [0.1, 0.15) is 11.3 Å². The first-order valence-electron chi connectivity index (χ1n) is 6.47. The molecule has 5 heteroatoms. The molecule has 0 spiro atoms. The predicted octanol–water partition coefficient (Wildman–Crippen LogP) is 3.14. The van der Waals surface area contributed by atoms with Gasteiger partial charge in [-0.2, -0.15) is 5.26 Å². The van der Waals surface area contributed by atoms with E-state index in [0.717, 1.165) is 22.3 Å². The van der Waals surface area contributed by atoms with E-state index in [-0.39, 0.29) is 0 Å². The van der Waals surface area contributed by atoms with Crippen LogP contribution in [-0.2, 0) is 0 Å². The van der Waals surface area contributed by atoms with Crippen molar-refractivity contribution in [2.24, 2.45) is 0 Å². The van der Waals surface area contributed by atoms with Crippen LogP contribution >= 0.6 is 0 Å². The second kappa shape index (κ2) is 5.10. The number of nitriles is 1.